The van der Waals surface area contributed by atoms with E-state index >= 15 is 0 Å². The molecule has 0 bridgehead atoms. The molecule has 4 aromatic rings. The van der Waals surface area contributed by atoms with E-state index < -0.39 is 0 Å². The van der Waals surface area contributed by atoms with Crippen molar-refractivity contribution in [2.45, 2.75) is 19.8 Å². The quantitative estimate of drug-likeness (QED) is 0.277. The minimum atomic E-state index is 0.822. The molecule has 0 amide bonds. The van der Waals surface area contributed by atoms with Crippen molar-refractivity contribution in [1.29, 1.82) is 0 Å². The SMILES string of the molecule is C=C(CCC)c1ccc(Nc2nc(-c3ccc(OC)cc3)c(-c3ccc(OC)cc3)s2)cc1. The van der Waals surface area contributed by atoms with Gasteiger partial charge >= 0.3 is 0 Å². The van der Waals surface area contributed by atoms with Gasteiger partial charge in [0, 0.05) is 11.3 Å². The van der Waals surface area contributed by atoms with Crippen LogP contribution >= 0.6 is 11.3 Å². The zero-order valence-electron chi connectivity index (χ0n) is 19.2. The molecule has 0 atom stereocenters. The average molecular weight is 457 g/mol. The van der Waals surface area contributed by atoms with Crippen LogP contribution in [0.3, 0.4) is 0 Å². The van der Waals surface area contributed by atoms with Gasteiger partial charge in [-0.1, -0.05) is 43.4 Å². The van der Waals surface area contributed by atoms with Crippen LogP contribution < -0.4 is 14.8 Å². The van der Waals surface area contributed by atoms with E-state index in [9.17, 15) is 0 Å². The molecule has 168 valence electrons. The fraction of sp³-hybridized carbons (Fsp3) is 0.179. The molecule has 0 aliphatic carbocycles. The van der Waals surface area contributed by atoms with E-state index in [1.54, 1.807) is 25.6 Å². The maximum atomic E-state index is 5.33. The molecule has 5 heteroatoms. The summed E-state index contributed by atoms with van der Waals surface area (Å²) in [5.74, 6) is 1.65. The zero-order valence-corrected chi connectivity index (χ0v) is 20.0. The molecule has 4 rings (SSSR count). The third-order valence-corrected chi connectivity index (χ3v) is 6.46. The summed E-state index contributed by atoms with van der Waals surface area (Å²) < 4.78 is 10.6. The fourth-order valence-electron chi connectivity index (χ4n) is 3.62. The van der Waals surface area contributed by atoms with Crippen molar-refractivity contribution >= 4 is 27.7 Å². The van der Waals surface area contributed by atoms with Crippen molar-refractivity contribution in [3.8, 4) is 33.2 Å². The maximum Gasteiger partial charge on any atom is 0.188 e. The van der Waals surface area contributed by atoms with E-state index in [0.29, 0.717) is 0 Å². The van der Waals surface area contributed by atoms with Gasteiger partial charge < -0.3 is 14.8 Å². The lowest BCUT2D eigenvalue weighted by atomic mass is 10.0. The first kappa shape index (κ1) is 22.6. The normalized spacial score (nSPS) is 10.6. The first-order valence-electron chi connectivity index (χ1n) is 11.0. The Labute approximate surface area is 199 Å². The van der Waals surface area contributed by atoms with Gasteiger partial charge in [0.05, 0.1) is 24.8 Å². The number of benzene rings is 3. The van der Waals surface area contributed by atoms with Gasteiger partial charge in [0.2, 0.25) is 0 Å². The minimum Gasteiger partial charge on any atom is -0.497 e. The van der Waals surface area contributed by atoms with E-state index in [0.717, 1.165) is 56.9 Å². The summed E-state index contributed by atoms with van der Waals surface area (Å²) in [6, 6.07) is 24.5. The van der Waals surface area contributed by atoms with Crippen molar-refractivity contribution in [3.63, 3.8) is 0 Å². The monoisotopic (exact) mass is 456 g/mol. The highest BCUT2D eigenvalue weighted by molar-refractivity contribution is 7.19. The van der Waals surface area contributed by atoms with Gasteiger partial charge in [-0.05, 0) is 83.8 Å². The Kier molecular flexibility index (Phi) is 7.10. The lowest BCUT2D eigenvalue weighted by Crippen LogP contribution is -1.91. The Morgan fingerprint density at radius 1 is 0.848 bits per heavy atom. The van der Waals surface area contributed by atoms with E-state index in [2.05, 4.69) is 55.2 Å². The van der Waals surface area contributed by atoms with Crippen LogP contribution in [0.5, 0.6) is 11.5 Å². The van der Waals surface area contributed by atoms with Crippen molar-refractivity contribution in [2.24, 2.45) is 0 Å². The van der Waals surface area contributed by atoms with Crippen LogP contribution in [-0.2, 0) is 0 Å². The highest BCUT2D eigenvalue weighted by Gasteiger charge is 2.16. The molecule has 0 unspecified atom stereocenters. The smallest absolute Gasteiger partial charge is 0.188 e. The van der Waals surface area contributed by atoms with Crippen LogP contribution in [0.25, 0.3) is 27.3 Å². The lowest BCUT2D eigenvalue weighted by Gasteiger charge is -2.07. The molecule has 0 fully saturated rings. The second-order valence-corrected chi connectivity index (χ2v) is 8.71. The topological polar surface area (TPSA) is 43.4 Å². The second-order valence-electron chi connectivity index (χ2n) is 7.71. The van der Waals surface area contributed by atoms with E-state index in [4.69, 9.17) is 14.5 Å². The van der Waals surface area contributed by atoms with E-state index in [-0.39, 0.29) is 0 Å². The van der Waals surface area contributed by atoms with Crippen LogP contribution in [0.4, 0.5) is 10.8 Å². The molecular formula is C28H28N2O2S. The van der Waals surface area contributed by atoms with Crippen molar-refractivity contribution < 1.29 is 9.47 Å². The summed E-state index contributed by atoms with van der Waals surface area (Å²) in [4.78, 5) is 6.05. The molecule has 33 heavy (non-hydrogen) atoms. The number of ether oxygens (including phenoxy) is 2. The Balaban J connectivity index is 1.67. The van der Waals surface area contributed by atoms with Gasteiger partial charge in [-0.25, -0.2) is 4.98 Å². The zero-order chi connectivity index (χ0) is 23.2. The van der Waals surface area contributed by atoms with Crippen LogP contribution in [0, 0.1) is 0 Å². The molecule has 3 aromatic carbocycles. The van der Waals surface area contributed by atoms with Crippen LogP contribution in [0.1, 0.15) is 25.3 Å². The predicted molar refractivity (Wildman–Crippen MR) is 140 cm³/mol. The summed E-state index contributed by atoms with van der Waals surface area (Å²) in [6.45, 7) is 6.36. The standard InChI is InChI=1S/C28H28N2O2S/c1-5-6-19(2)20-7-13-23(14-8-20)29-28-30-26(21-9-15-24(31-3)16-10-21)27(33-28)22-11-17-25(32-4)18-12-22/h7-18H,2,5-6H2,1,3-4H3,(H,29,30). The van der Waals surface area contributed by atoms with Crippen LogP contribution in [-0.4, -0.2) is 19.2 Å². The third-order valence-electron chi connectivity index (χ3n) is 5.44. The molecule has 1 N–H and O–H groups in total. The average Bonchev–Trinajstić information content (AvgIpc) is 3.28. The van der Waals surface area contributed by atoms with Crippen molar-refractivity contribution in [3.05, 3.63) is 84.9 Å². The molecule has 0 radical (unpaired) electrons. The largest absolute Gasteiger partial charge is 0.497 e. The van der Waals surface area contributed by atoms with Crippen LogP contribution in [0.15, 0.2) is 79.4 Å². The number of rotatable bonds is 9. The lowest BCUT2D eigenvalue weighted by molar-refractivity contribution is 0.414. The Hall–Kier alpha value is -3.57. The molecule has 0 saturated heterocycles. The fourth-order valence-corrected chi connectivity index (χ4v) is 4.63. The van der Waals surface area contributed by atoms with E-state index in [1.165, 1.54) is 11.1 Å². The predicted octanol–water partition coefficient (Wildman–Crippen LogP) is 8.05. The summed E-state index contributed by atoms with van der Waals surface area (Å²) >= 11 is 1.63. The van der Waals surface area contributed by atoms with Crippen molar-refractivity contribution in [2.75, 3.05) is 19.5 Å². The number of hydrogen-bond acceptors (Lipinski definition) is 5. The maximum absolute atomic E-state index is 5.33. The number of aromatic nitrogens is 1. The van der Waals surface area contributed by atoms with Gasteiger partial charge in [0.15, 0.2) is 5.13 Å². The molecule has 1 aromatic heterocycles. The number of nitrogens with zero attached hydrogens (tertiary/aromatic N) is 1. The number of hydrogen-bond donors (Lipinski definition) is 1. The third kappa shape index (κ3) is 5.26. The summed E-state index contributed by atoms with van der Waals surface area (Å²) in [6.07, 6.45) is 2.11. The minimum absolute atomic E-state index is 0.822. The second kappa shape index (κ2) is 10.4. The highest BCUT2D eigenvalue weighted by Crippen LogP contribution is 2.40. The first-order chi connectivity index (χ1) is 16.1. The molecule has 0 aliphatic heterocycles. The Morgan fingerprint density at radius 3 is 1.97 bits per heavy atom. The van der Waals surface area contributed by atoms with Crippen molar-refractivity contribution in [1.82, 2.24) is 4.98 Å². The highest BCUT2D eigenvalue weighted by atomic mass is 32.1. The van der Waals surface area contributed by atoms with E-state index in [1.807, 2.05) is 36.4 Å². The summed E-state index contributed by atoms with van der Waals surface area (Å²) in [5.41, 5.74) is 6.42. The molecule has 0 spiro atoms. The van der Waals surface area contributed by atoms with Gasteiger partial charge in [-0.15, -0.1) is 0 Å². The molecular weight excluding hydrogens is 428 g/mol. The summed E-state index contributed by atoms with van der Waals surface area (Å²) in [7, 11) is 3.35. The van der Waals surface area contributed by atoms with Gasteiger partial charge in [-0.2, -0.15) is 0 Å². The number of nitrogens with one attached hydrogen (secondary N) is 1. The number of thiazole rings is 1. The molecule has 0 saturated carbocycles. The number of methoxy groups -OCH3 is 2. The van der Waals surface area contributed by atoms with Gasteiger partial charge in [-0.3, -0.25) is 0 Å². The number of anilines is 2. The Morgan fingerprint density at radius 2 is 1.42 bits per heavy atom. The van der Waals surface area contributed by atoms with Gasteiger partial charge in [0.1, 0.15) is 11.5 Å². The van der Waals surface area contributed by atoms with Gasteiger partial charge in [0.25, 0.3) is 0 Å². The molecule has 0 aliphatic rings. The Bertz CT molecular complexity index is 1150. The molecule has 4 nitrogen and oxygen atoms in total. The molecule has 1 heterocycles. The number of allylic oxidation sites excluding steroid dienone is 1. The first-order valence-corrected chi connectivity index (χ1v) is 11.8. The summed E-state index contributed by atoms with van der Waals surface area (Å²) in [5, 5.41) is 4.32. The van der Waals surface area contributed by atoms with Crippen LogP contribution in [0.2, 0.25) is 0 Å².